The van der Waals surface area contributed by atoms with Crippen molar-refractivity contribution in [2.24, 2.45) is 0 Å². The van der Waals surface area contributed by atoms with Crippen molar-refractivity contribution in [3.8, 4) is 23.7 Å². The Bertz CT molecular complexity index is 1110. The van der Waals surface area contributed by atoms with Crippen LogP contribution in [0, 0.1) is 23.7 Å². The molecule has 33 heavy (non-hydrogen) atoms. The molecule has 1 unspecified atom stereocenters. The number of benzene rings is 1. The lowest BCUT2D eigenvalue weighted by atomic mass is 9.91. The fourth-order valence-corrected chi connectivity index (χ4v) is 2.51. The molecule has 0 aliphatic heterocycles. The quantitative estimate of drug-likeness (QED) is 0.243. The number of urea groups is 1. The Morgan fingerprint density at radius 2 is 1.79 bits per heavy atom. The van der Waals surface area contributed by atoms with Crippen LogP contribution in [0.4, 0.5) is 13.6 Å². The molecule has 1 aromatic heterocycles. The van der Waals surface area contributed by atoms with E-state index in [1.165, 1.54) is 43.0 Å². The maximum absolute atomic E-state index is 13.8. The molecular weight excluding hydrogens is 440 g/mol. The molecule has 2 aromatic rings. The number of nitrogens with one attached hydrogen (secondary N) is 4. The van der Waals surface area contributed by atoms with Crippen molar-refractivity contribution < 1.29 is 32.9 Å². The third-order valence-electron chi connectivity index (χ3n) is 4.35. The summed E-state index contributed by atoms with van der Waals surface area (Å²) in [5.41, 5.74) is -0.808. The van der Waals surface area contributed by atoms with Crippen LogP contribution in [0.1, 0.15) is 28.6 Å². The molecule has 5 N–H and O–H groups in total. The molecule has 172 valence electrons. The number of rotatable bonds is 6. The fourth-order valence-electron chi connectivity index (χ4n) is 2.51. The molecule has 1 heterocycles. The lowest BCUT2D eigenvalue weighted by Crippen LogP contribution is -2.69. The number of nitrogens with zero attached hydrogens (tertiary/aromatic N) is 1. The second-order valence-electron chi connectivity index (χ2n) is 6.62. The average Bonchev–Trinajstić information content (AvgIpc) is 3.33. The van der Waals surface area contributed by atoms with Gasteiger partial charge in [0.15, 0.2) is 0 Å². The normalized spacial score (nSPS) is 12.7. The Kier molecular flexibility index (Phi) is 8.49. The van der Waals surface area contributed by atoms with Gasteiger partial charge in [-0.15, -0.1) is 0 Å². The van der Waals surface area contributed by atoms with Gasteiger partial charge >= 0.3 is 6.03 Å². The maximum atomic E-state index is 13.8. The van der Waals surface area contributed by atoms with E-state index >= 15 is 0 Å². The van der Waals surface area contributed by atoms with Crippen molar-refractivity contribution in [3.63, 3.8) is 0 Å². The van der Waals surface area contributed by atoms with Crippen molar-refractivity contribution >= 4 is 17.8 Å². The van der Waals surface area contributed by atoms with Crippen LogP contribution >= 0.6 is 0 Å². The van der Waals surface area contributed by atoms with Gasteiger partial charge in [0, 0.05) is 24.2 Å². The molecule has 0 radical (unpaired) electrons. The summed E-state index contributed by atoms with van der Waals surface area (Å²) in [6.45, 7) is 0.853. The molecule has 0 fully saturated rings. The predicted molar refractivity (Wildman–Crippen MR) is 110 cm³/mol. The zero-order valence-corrected chi connectivity index (χ0v) is 17.4. The minimum absolute atomic E-state index is 0.0144. The molecule has 0 saturated heterocycles. The van der Waals surface area contributed by atoms with E-state index < -0.39 is 35.9 Å². The van der Waals surface area contributed by atoms with E-state index in [0.29, 0.717) is 11.3 Å². The van der Waals surface area contributed by atoms with Crippen LogP contribution in [0.25, 0.3) is 0 Å². The van der Waals surface area contributed by atoms with Gasteiger partial charge < -0.3 is 20.5 Å². The van der Waals surface area contributed by atoms with Gasteiger partial charge in [0.2, 0.25) is 5.76 Å². The number of aromatic nitrogens is 1. The summed E-state index contributed by atoms with van der Waals surface area (Å²) in [6.07, 6.45) is -1.85. The number of alkyl halides is 2. The Morgan fingerprint density at radius 1 is 1.12 bits per heavy atom. The number of halogens is 2. The van der Waals surface area contributed by atoms with Crippen molar-refractivity contribution in [1.82, 2.24) is 26.6 Å². The molecule has 0 spiro atoms. The van der Waals surface area contributed by atoms with Gasteiger partial charge in [-0.3, -0.25) is 14.8 Å². The highest BCUT2D eigenvalue weighted by Crippen LogP contribution is 2.21. The zero-order chi connectivity index (χ0) is 24.4. The van der Waals surface area contributed by atoms with Crippen molar-refractivity contribution in [1.29, 1.82) is 0 Å². The van der Waals surface area contributed by atoms with Crippen LogP contribution in [0.15, 0.2) is 41.1 Å². The van der Waals surface area contributed by atoms with Crippen LogP contribution in [0.3, 0.4) is 0 Å². The van der Waals surface area contributed by atoms with Crippen LogP contribution < -0.4 is 21.4 Å². The monoisotopic (exact) mass is 459 g/mol. The number of hydroxylamine groups is 1. The Labute approximate surface area is 187 Å². The maximum Gasteiger partial charge on any atom is 0.315 e. The summed E-state index contributed by atoms with van der Waals surface area (Å²) < 4.78 is 32.4. The van der Waals surface area contributed by atoms with E-state index in [-0.39, 0.29) is 5.56 Å². The smallest absolute Gasteiger partial charge is 0.315 e. The SMILES string of the molecule is CNC(=O)NC(C)(C(F)F)[C@H](NC(=O)c1ccc(C#CC#Cc2ccno2)cc1)C(=O)NO. The van der Waals surface area contributed by atoms with Crippen LogP contribution in [-0.2, 0) is 4.79 Å². The first-order valence-corrected chi connectivity index (χ1v) is 9.27. The van der Waals surface area contributed by atoms with E-state index in [0.717, 1.165) is 6.92 Å². The first-order valence-electron chi connectivity index (χ1n) is 9.27. The Balaban J connectivity index is 2.19. The van der Waals surface area contributed by atoms with Crippen LogP contribution in [0.5, 0.6) is 0 Å². The molecule has 2 rings (SSSR count). The van der Waals surface area contributed by atoms with Crippen molar-refractivity contribution in [2.45, 2.75) is 24.9 Å². The highest BCUT2D eigenvalue weighted by atomic mass is 19.3. The average molecular weight is 459 g/mol. The topological polar surface area (TPSA) is 146 Å². The molecule has 10 nitrogen and oxygen atoms in total. The number of hydrogen-bond acceptors (Lipinski definition) is 6. The highest BCUT2D eigenvalue weighted by Gasteiger charge is 2.48. The van der Waals surface area contributed by atoms with Crippen molar-refractivity contribution in [3.05, 3.63) is 53.4 Å². The summed E-state index contributed by atoms with van der Waals surface area (Å²) in [7, 11) is 1.19. The summed E-state index contributed by atoms with van der Waals surface area (Å²) >= 11 is 0. The fraction of sp³-hybridized carbons (Fsp3) is 0.238. The minimum Gasteiger partial charge on any atom is -0.348 e. The van der Waals surface area contributed by atoms with Gasteiger partial charge in [0.1, 0.15) is 11.6 Å². The van der Waals surface area contributed by atoms with Gasteiger partial charge in [-0.25, -0.2) is 19.1 Å². The van der Waals surface area contributed by atoms with Crippen LogP contribution in [-0.4, -0.2) is 53.3 Å². The van der Waals surface area contributed by atoms with Gasteiger partial charge in [-0.05, 0) is 49.0 Å². The first kappa shape index (κ1) is 24.8. The van der Waals surface area contributed by atoms with Crippen molar-refractivity contribution in [2.75, 3.05) is 7.05 Å². The van der Waals surface area contributed by atoms with Crippen LogP contribution in [0.2, 0.25) is 0 Å². The Morgan fingerprint density at radius 3 is 2.33 bits per heavy atom. The summed E-state index contributed by atoms with van der Waals surface area (Å²) in [6, 6.07) is 4.19. The third-order valence-corrected chi connectivity index (χ3v) is 4.35. The number of hydrogen-bond donors (Lipinski definition) is 5. The number of carbonyl (C=O) groups excluding carboxylic acids is 3. The molecule has 1 aromatic carbocycles. The Hall–Kier alpha value is -4.42. The van der Waals surface area contributed by atoms with E-state index in [4.69, 9.17) is 9.73 Å². The zero-order valence-electron chi connectivity index (χ0n) is 17.4. The molecule has 4 amide bonds. The first-order chi connectivity index (χ1) is 15.7. The van der Waals surface area contributed by atoms with Gasteiger partial charge in [0.05, 0.1) is 6.20 Å². The lowest BCUT2D eigenvalue weighted by Gasteiger charge is -2.36. The van der Waals surface area contributed by atoms with E-state index in [9.17, 15) is 23.2 Å². The summed E-state index contributed by atoms with van der Waals surface area (Å²) in [5.74, 6) is 8.62. The minimum atomic E-state index is -3.28. The van der Waals surface area contributed by atoms with Gasteiger partial charge in [-0.2, -0.15) is 0 Å². The third kappa shape index (κ3) is 6.53. The second kappa shape index (κ2) is 11.3. The lowest BCUT2D eigenvalue weighted by molar-refractivity contribution is -0.135. The molecular formula is C21H19F2N5O5. The number of amides is 4. The second-order valence-corrected chi connectivity index (χ2v) is 6.62. The van der Waals surface area contributed by atoms with E-state index in [1.54, 1.807) is 6.07 Å². The molecule has 12 heteroatoms. The molecule has 0 aliphatic carbocycles. The summed E-state index contributed by atoms with van der Waals surface area (Å²) in [4.78, 5) is 36.3. The van der Waals surface area contributed by atoms with Gasteiger partial charge in [0.25, 0.3) is 18.2 Å². The van der Waals surface area contributed by atoms with E-state index in [2.05, 4.69) is 39.5 Å². The molecule has 2 atom stereocenters. The van der Waals surface area contributed by atoms with E-state index in [1.807, 2.05) is 5.32 Å². The molecule has 0 saturated carbocycles. The predicted octanol–water partition coefficient (Wildman–Crippen LogP) is 0.634. The molecule has 0 bridgehead atoms. The van der Waals surface area contributed by atoms with Gasteiger partial charge in [-0.1, -0.05) is 11.1 Å². The summed E-state index contributed by atoms with van der Waals surface area (Å²) in [5, 5.41) is 18.6. The standard InChI is InChI=1S/C21H19F2N5O5/c1-21(19(22)23,27-20(31)24-2)16(18(30)28-32)26-17(29)14-9-7-13(8-10-14)5-3-4-6-15-11-12-25-33-15/h7-12,16,19,32H,1-2H3,(H,26,29)(H,28,30)(H2,24,27,31)/t16-,21?/m1/s1. The molecule has 0 aliphatic rings. The largest absolute Gasteiger partial charge is 0.348 e. The highest BCUT2D eigenvalue weighted by molar-refractivity contribution is 5.98. The number of carbonyl (C=O) groups is 3.